The molecule has 1 atom stereocenters. The first-order chi connectivity index (χ1) is 10.9. The maximum Gasteiger partial charge on any atom is 0.181 e. The second-order valence-corrected chi connectivity index (χ2v) is 8.44. The molecule has 0 amide bonds. The van der Waals surface area contributed by atoms with Gasteiger partial charge in [-0.05, 0) is 56.7 Å². The van der Waals surface area contributed by atoms with Crippen molar-refractivity contribution >= 4 is 9.84 Å². The van der Waals surface area contributed by atoms with Crippen molar-refractivity contribution in [3.8, 4) is 0 Å². The average molecular weight is 330 g/mol. The number of allylic oxidation sites excluding steroid dienone is 5. The molecule has 0 radical (unpaired) electrons. The lowest BCUT2D eigenvalue weighted by Crippen LogP contribution is -2.06. The summed E-state index contributed by atoms with van der Waals surface area (Å²) in [6, 6.07) is 8.62. The van der Waals surface area contributed by atoms with Gasteiger partial charge in [-0.2, -0.15) is 0 Å². The number of rotatable bonds is 5. The van der Waals surface area contributed by atoms with Crippen LogP contribution in [0, 0.1) is 5.92 Å². The van der Waals surface area contributed by atoms with Gasteiger partial charge in [0.15, 0.2) is 9.84 Å². The van der Waals surface area contributed by atoms with Crippen LogP contribution in [-0.2, 0) is 9.84 Å². The first-order valence-electron chi connectivity index (χ1n) is 8.22. The van der Waals surface area contributed by atoms with Gasteiger partial charge >= 0.3 is 0 Å². The second-order valence-electron chi connectivity index (χ2n) is 6.40. The molecular weight excluding hydrogens is 304 g/mol. The molecule has 1 aliphatic rings. The Morgan fingerprint density at radius 1 is 1.26 bits per heavy atom. The lowest BCUT2D eigenvalue weighted by atomic mass is 9.84. The van der Waals surface area contributed by atoms with Gasteiger partial charge in [0.2, 0.25) is 0 Å². The highest BCUT2D eigenvalue weighted by Gasteiger charge is 2.14. The van der Waals surface area contributed by atoms with E-state index in [1.165, 1.54) is 30.4 Å². The summed E-state index contributed by atoms with van der Waals surface area (Å²) in [4.78, 5) is 0.382. The summed E-state index contributed by atoms with van der Waals surface area (Å²) in [5, 5.41) is 0. The first kappa shape index (κ1) is 17.7. The van der Waals surface area contributed by atoms with E-state index >= 15 is 0 Å². The molecule has 1 aromatic carbocycles. The highest BCUT2D eigenvalue weighted by molar-refractivity contribution is 7.91. The molecule has 1 unspecified atom stereocenters. The predicted molar refractivity (Wildman–Crippen MR) is 97.1 cm³/mol. The summed E-state index contributed by atoms with van der Waals surface area (Å²) in [6.07, 6.45) is 9.69. The molecule has 124 valence electrons. The first-order valence-corrected chi connectivity index (χ1v) is 9.87. The Bertz CT molecular complexity index is 722. The van der Waals surface area contributed by atoms with Crippen LogP contribution in [0.5, 0.6) is 0 Å². The fourth-order valence-electron chi connectivity index (χ4n) is 2.95. The minimum atomic E-state index is -3.24. The van der Waals surface area contributed by atoms with Crippen LogP contribution in [0.3, 0.4) is 0 Å². The van der Waals surface area contributed by atoms with Gasteiger partial charge in [-0.15, -0.1) is 0 Å². The third-order valence-corrected chi connectivity index (χ3v) is 6.06. The van der Waals surface area contributed by atoms with Gasteiger partial charge in [0.05, 0.1) is 10.6 Å². The summed E-state index contributed by atoms with van der Waals surface area (Å²) in [5.41, 5.74) is 3.86. The Kier molecular flexibility index (Phi) is 6.00. The Morgan fingerprint density at radius 3 is 2.61 bits per heavy atom. The maximum atomic E-state index is 12.3. The van der Waals surface area contributed by atoms with Crippen LogP contribution in [-0.4, -0.2) is 14.2 Å². The summed E-state index contributed by atoms with van der Waals surface area (Å²) in [7, 11) is -3.24. The van der Waals surface area contributed by atoms with Crippen molar-refractivity contribution in [1.82, 2.24) is 0 Å². The Morgan fingerprint density at radius 2 is 1.96 bits per heavy atom. The van der Waals surface area contributed by atoms with Crippen molar-refractivity contribution in [3.05, 3.63) is 65.3 Å². The van der Waals surface area contributed by atoms with Crippen LogP contribution in [0.15, 0.2) is 70.2 Å². The smallest absolute Gasteiger partial charge is 0.181 e. The van der Waals surface area contributed by atoms with E-state index in [9.17, 15) is 8.42 Å². The van der Waals surface area contributed by atoms with Crippen molar-refractivity contribution in [3.63, 3.8) is 0 Å². The van der Waals surface area contributed by atoms with Crippen LogP contribution in [0.2, 0.25) is 0 Å². The zero-order valence-electron chi connectivity index (χ0n) is 14.2. The summed E-state index contributed by atoms with van der Waals surface area (Å²) in [5.74, 6) is 0.640. The lowest BCUT2D eigenvalue weighted by molar-refractivity contribution is 0.546. The van der Waals surface area contributed by atoms with Crippen LogP contribution in [0.4, 0.5) is 0 Å². The van der Waals surface area contributed by atoms with E-state index in [1.54, 1.807) is 30.3 Å². The number of hydrogen-bond donors (Lipinski definition) is 0. The Hall–Kier alpha value is -1.61. The van der Waals surface area contributed by atoms with Gasteiger partial charge in [-0.25, -0.2) is 8.42 Å². The summed E-state index contributed by atoms with van der Waals surface area (Å²) >= 11 is 0. The predicted octanol–water partition coefficient (Wildman–Crippen LogP) is 5.10. The summed E-state index contributed by atoms with van der Waals surface area (Å²) < 4.78 is 24.5. The monoisotopic (exact) mass is 330 g/mol. The lowest BCUT2D eigenvalue weighted by Gasteiger charge is -2.22. The highest BCUT2D eigenvalue weighted by atomic mass is 32.2. The molecule has 0 spiro atoms. The van der Waals surface area contributed by atoms with E-state index in [1.807, 2.05) is 19.1 Å². The molecule has 0 saturated heterocycles. The van der Waals surface area contributed by atoms with E-state index in [4.69, 9.17) is 0 Å². The molecule has 0 bridgehead atoms. The standard InChI is InChI=1S/C20H26O2S/c1-16(12-13-20-17(2)8-7-9-18(20)3)14-15-23(21,22)19-10-5-4-6-11-19/h4-6,10-14,17H,7-9,15H2,1-3H3/b13-12+,16-14+. The van der Waals surface area contributed by atoms with Gasteiger partial charge in [0.1, 0.15) is 0 Å². The quantitative estimate of drug-likeness (QED) is 0.704. The zero-order valence-corrected chi connectivity index (χ0v) is 15.1. The van der Waals surface area contributed by atoms with E-state index in [2.05, 4.69) is 19.9 Å². The van der Waals surface area contributed by atoms with Crippen molar-refractivity contribution < 1.29 is 8.42 Å². The van der Waals surface area contributed by atoms with Crippen LogP contribution in [0.25, 0.3) is 0 Å². The minimum Gasteiger partial charge on any atom is -0.223 e. The molecule has 1 aliphatic carbocycles. The van der Waals surface area contributed by atoms with Crippen molar-refractivity contribution in [2.45, 2.75) is 44.9 Å². The molecule has 3 heteroatoms. The van der Waals surface area contributed by atoms with Gasteiger partial charge in [0, 0.05) is 0 Å². The van der Waals surface area contributed by atoms with Crippen molar-refractivity contribution in [1.29, 1.82) is 0 Å². The summed E-state index contributed by atoms with van der Waals surface area (Å²) in [6.45, 7) is 6.43. The minimum absolute atomic E-state index is 0.0424. The SMILES string of the molecule is CC1=C(/C=C/C(C)=C/CS(=O)(=O)c2ccccc2)C(C)CCC1. The molecule has 0 aliphatic heterocycles. The van der Waals surface area contributed by atoms with Crippen LogP contribution in [0.1, 0.15) is 40.0 Å². The molecule has 0 heterocycles. The molecule has 1 aromatic rings. The van der Waals surface area contributed by atoms with Gasteiger partial charge in [-0.3, -0.25) is 0 Å². The van der Waals surface area contributed by atoms with E-state index in [0.717, 1.165) is 5.57 Å². The zero-order chi connectivity index (χ0) is 16.9. The molecule has 23 heavy (non-hydrogen) atoms. The fraction of sp³-hybridized carbons (Fsp3) is 0.400. The third kappa shape index (κ3) is 4.93. The fourth-order valence-corrected chi connectivity index (χ4v) is 4.20. The number of benzene rings is 1. The Balaban J connectivity index is 2.07. The van der Waals surface area contributed by atoms with E-state index < -0.39 is 9.84 Å². The van der Waals surface area contributed by atoms with Crippen LogP contribution >= 0.6 is 0 Å². The van der Waals surface area contributed by atoms with Gasteiger partial charge in [0.25, 0.3) is 0 Å². The molecule has 2 nitrogen and oxygen atoms in total. The maximum absolute atomic E-state index is 12.3. The molecule has 0 saturated carbocycles. The van der Waals surface area contributed by atoms with Gasteiger partial charge in [-0.1, -0.05) is 54.5 Å². The number of hydrogen-bond acceptors (Lipinski definition) is 2. The number of sulfone groups is 1. The molecule has 0 N–H and O–H groups in total. The topological polar surface area (TPSA) is 34.1 Å². The van der Waals surface area contributed by atoms with E-state index in [-0.39, 0.29) is 5.75 Å². The largest absolute Gasteiger partial charge is 0.223 e. The normalized spacial score (nSPS) is 20.3. The average Bonchev–Trinajstić information content (AvgIpc) is 2.53. The highest BCUT2D eigenvalue weighted by Crippen LogP contribution is 2.30. The second kappa shape index (κ2) is 7.78. The van der Waals surface area contributed by atoms with Crippen molar-refractivity contribution in [2.24, 2.45) is 5.92 Å². The van der Waals surface area contributed by atoms with E-state index in [0.29, 0.717) is 10.8 Å². The van der Waals surface area contributed by atoms with Crippen molar-refractivity contribution in [2.75, 3.05) is 5.75 Å². The van der Waals surface area contributed by atoms with Gasteiger partial charge < -0.3 is 0 Å². The molecule has 0 fully saturated rings. The molecule has 2 rings (SSSR count). The molecule has 0 aromatic heterocycles. The Labute approximate surface area is 140 Å². The third-order valence-electron chi connectivity index (χ3n) is 4.47. The van der Waals surface area contributed by atoms with Crippen LogP contribution < -0.4 is 0 Å². The molecular formula is C20H26O2S.